The number of hydrogen-bond donors (Lipinski definition) is 1. The highest BCUT2D eigenvalue weighted by molar-refractivity contribution is 6.30. The first kappa shape index (κ1) is 24.0. The van der Waals surface area contributed by atoms with Crippen LogP contribution in [0, 0.1) is 6.92 Å². The quantitative estimate of drug-likeness (QED) is 0.475. The third-order valence-electron chi connectivity index (χ3n) is 4.96. The van der Waals surface area contributed by atoms with Crippen LogP contribution in [-0.2, 0) is 16.1 Å². The van der Waals surface area contributed by atoms with E-state index in [1.807, 2.05) is 23.6 Å². The zero-order valence-corrected chi connectivity index (χ0v) is 19.6. The van der Waals surface area contributed by atoms with E-state index in [1.54, 1.807) is 36.4 Å². The van der Waals surface area contributed by atoms with Crippen LogP contribution in [0.25, 0.3) is 5.69 Å². The van der Waals surface area contributed by atoms with Crippen molar-refractivity contribution in [3.8, 4) is 22.9 Å². The Morgan fingerprint density at radius 2 is 1.64 bits per heavy atom. The summed E-state index contributed by atoms with van der Waals surface area (Å²) in [6, 6.07) is 13.8. The molecule has 9 heteroatoms. The van der Waals surface area contributed by atoms with Crippen molar-refractivity contribution in [1.82, 2.24) is 9.88 Å². The van der Waals surface area contributed by atoms with Gasteiger partial charge in [0.25, 0.3) is 5.91 Å². The van der Waals surface area contributed by atoms with E-state index in [9.17, 15) is 9.59 Å². The molecule has 0 bridgehead atoms. The lowest BCUT2D eigenvalue weighted by Crippen LogP contribution is -2.29. The van der Waals surface area contributed by atoms with Crippen molar-refractivity contribution in [3.05, 3.63) is 70.5 Å². The molecule has 0 unspecified atom stereocenters. The summed E-state index contributed by atoms with van der Waals surface area (Å²) >= 11 is 5.85. The maximum absolute atomic E-state index is 12.5. The van der Waals surface area contributed by atoms with Gasteiger partial charge in [0.15, 0.2) is 18.1 Å². The number of nitrogens with one attached hydrogen (secondary N) is 1. The predicted octanol–water partition coefficient (Wildman–Crippen LogP) is 3.94. The van der Waals surface area contributed by atoms with Gasteiger partial charge in [0, 0.05) is 28.5 Å². The number of esters is 1. The van der Waals surface area contributed by atoms with E-state index in [0.29, 0.717) is 33.5 Å². The molecule has 1 N–H and O–H groups in total. The minimum atomic E-state index is -0.523. The first-order valence-corrected chi connectivity index (χ1v) is 10.4. The zero-order valence-electron chi connectivity index (χ0n) is 18.8. The number of hydrogen-bond acceptors (Lipinski definition) is 6. The minimum Gasteiger partial charge on any atom is -0.493 e. The normalized spacial score (nSPS) is 10.5. The molecule has 0 radical (unpaired) electrons. The van der Waals surface area contributed by atoms with Crippen LogP contribution in [0.3, 0.4) is 0 Å². The SMILES string of the molecule is COC(=O)c1cc(OC)c(OC)cc1-n1c(C)ccc1CNC(=O)COc1ccc(Cl)cc1. The monoisotopic (exact) mass is 472 g/mol. The number of benzene rings is 2. The van der Waals surface area contributed by atoms with Gasteiger partial charge in [-0.05, 0) is 43.3 Å². The topological polar surface area (TPSA) is 88.0 Å². The smallest absolute Gasteiger partial charge is 0.340 e. The van der Waals surface area contributed by atoms with Gasteiger partial charge < -0.3 is 28.8 Å². The van der Waals surface area contributed by atoms with Crippen LogP contribution < -0.4 is 19.5 Å². The van der Waals surface area contributed by atoms with Crippen LogP contribution in [-0.4, -0.2) is 44.4 Å². The number of rotatable bonds is 9. The summed E-state index contributed by atoms with van der Waals surface area (Å²) in [5, 5.41) is 3.42. The van der Waals surface area contributed by atoms with E-state index in [4.69, 9.17) is 30.5 Å². The van der Waals surface area contributed by atoms with Crippen molar-refractivity contribution in [1.29, 1.82) is 0 Å². The zero-order chi connectivity index (χ0) is 24.0. The molecule has 0 aliphatic rings. The molecule has 33 heavy (non-hydrogen) atoms. The summed E-state index contributed by atoms with van der Waals surface area (Å²) in [5.74, 6) is 0.586. The van der Waals surface area contributed by atoms with Crippen LogP contribution in [0.1, 0.15) is 21.7 Å². The molecular weight excluding hydrogens is 448 g/mol. The van der Waals surface area contributed by atoms with E-state index in [1.165, 1.54) is 21.3 Å². The fourth-order valence-electron chi connectivity index (χ4n) is 3.32. The number of aryl methyl sites for hydroxylation is 1. The van der Waals surface area contributed by atoms with Crippen LogP contribution >= 0.6 is 11.6 Å². The highest BCUT2D eigenvalue weighted by atomic mass is 35.5. The number of nitrogens with zero attached hydrogens (tertiary/aromatic N) is 1. The van der Waals surface area contributed by atoms with Gasteiger partial charge >= 0.3 is 5.97 Å². The Morgan fingerprint density at radius 1 is 0.970 bits per heavy atom. The molecule has 1 aromatic heterocycles. The number of halogens is 1. The number of methoxy groups -OCH3 is 3. The van der Waals surface area contributed by atoms with Gasteiger partial charge in [-0.25, -0.2) is 4.79 Å². The molecule has 1 heterocycles. The van der Waals surface area contributed by atoms with Gasteiger partial charge in [-0.1, -0.05) is 11.6 Å². The summed E-state index contributed by atoms with van der Waals surface area (Å²) in [6.45, 7) is 1.96. The Balaban J connectivity index is 1.82. The maximum atomic E-state index is 12.5. The Labute approximate surface area is 197 Å². The molecule has 0 fully saturated rings. The second-order valence-electron chi connectivity index (χ2n) is 7.04. The van der Waals surface area contributed by atoms with Gasteiger partial charge in [0.1, 0.15) is 5.75 Å². The molecular formula is C24H25ClN2O6. The number of carbonyl (C=O) groups excluding carboxylic acids is 2. The van der Waals surface area contributed by atoms with Crippen molar-refractivity contribution >= 4 is 23.5 Å². The standard InChI is InChI=1S/C24H25ClN2O6/c1-15-5-8-17(13-26-23(28)14-33-18-9-6-16(25)7-10-18)27(15)20-12-22(31-3)21(30-2)11-19(20)24(29)32-4/h5-12H,13-14H2,1-4H3,(H,26,28). The summed E-state index contributed by atoms with van der Waals surface area (Å²) in [4.78, 5) is 24.8. The Hall–Kier alpha value is -3.65. The molecule has 0 aliphatic carbocycles. The molecule has 1 amide bonds. The second kappa shape index (κ2) is 10.8. The minimum absolute atomic E-state index is 0.148. The van der Waals surface area contributed by atoms with Crippen molar-refractivity contribution < 1.29 is 28.5 Å². The third kappa shape index (κ3) is 5.59. The lowest BCUT2D eigenvalue weighted by Gasteiger charge is -2.18. The number of ether oxygens (including phenoxy) is 4. The van der Waals surface area contributed by atoms with E-state index in [2.05, 4.69) is 5.32 Å². The molecule has 3 aromatic rings. The fourth-order valence-corrected chi connectivity index (χ4v) is 3.45. The lowest BCUT2D eigenvalue weighted by atomic mass is 10.1. The molecule has 3 rings (SSSR count). The van der Waals surface area contributed by atoms with Crippen LogP contribution in [0.15, 0.2) is 48.5 Å². The predicted molar refractivity (Wildman–Crippen MR) is 124 cm³/mol. The summed E-state index contributed by atoms with van der Waals surface area (Å²) in [7, 11) is 4.32. The fraction of sp³-hybridized carbons (Fsp3) is 0.250. The van der Waals surface area contributed by atoms with E-state index in [0.717, 1.165) is 11.4 Å². The van der Waals surface area contributed by atoms with E-state index < -0.39 is 5.97 Å². The molecule has 0 aliphatic heterocycles. The molecule has 2 aromatic carbocycles. The summed E-state index contributed by atoms with van der Waals surface area (Å²) in [5.41, 5.74) is 2.45. The Bertz CT molecular complexity index is 1140. The molecule has 0 spiro atoms. The van der Waals surface area contributed by atoms with E-state index in [-0.39, 0.29) is 19.1 Å². The van der Waals surface area contributed by atoms with Crippen LogP contribution in [0.4, 0.5) is 0 Å². The summed E-state index contributed by atoms with van der Waals surface area (Å²) < 4.78 is 23.1. The van der Waals surface area contributed by atoms with Gasteiger partial charge in [-0.3, -0.25) is 4.79 Å². The highest BCUT2D eigenvalue weighted by Gasteiger charge is 2.21. The van der Waals surface area contributed by atoms with Gasteiger partial charge in [-0.2, -0.15) is 0 Å². The molecule has 0 saturated heterocycles. The average Bonchev–Trinajstić information content (AvgIpc) is 3.20. The number of carbonyl (C=O) groups is 2. The average molecular weight is 473 g/mol. The van der Waals surface area contributed by atoms with Crippen LogP contribution in [0.5, 0.6) is 17.2 Å². The second-order valence-corrected chi connectivity index (χ2v) is 7.47. The van der Waals surface area contributed by atoms with E-state index >= 15 is 0 Å². The van der Waals surface area contributed by atoms with Gasteiger partial charge in [0.05, 0.1) is 39.1 Å². The lowest BCUT2D eigenvalue weighted by molar-refractivity contribution is -0.123. The van der Waals surface area contributed by atoms with Crippen molar-refractivity contribution in [2.45, 2.75) is 13.5 Å². The third-order valence-corrected chi connectivity index (χ3v) is 5.21. The summed E-state index contributed by atoms with van der Waals surface area (Å²) in [6.07, 6.45) is 0. The Morgan fingerprint density at radius 3 is 2.27 bits per heavy atom. The van der Waals surface area contributed by atoms with Crippen molar-refractivity contribution in [2.75, 3.05) is 27.9 Å². The molecule has 0 atom stereocenters. The van der Waals surface area contributed by atoms with Crippen molar-refractivity contribution in [3.63, 3.8) is 0 Å². The Kier molecular flexibility index (Phi) is 7.84. The van der Waals surface area contributed by atoms with Crippen LogP contribution in [0.2, 0.25) is 5.02 Å². The van der Waals surface area contributed by atoms with Gasteiger partial charge in [0.2, 0.25) is 0 Å². The first-order chi connectivity index (χ1) is 15.9. The first-order valence-electron chi connectivity index (χ1n) is 10.0. The highest BCUT2D eigenvalue weighted by Crippen LogP contribution is 2.34. The van der Waals surface area contributed by atoms with Crippen molar-refractivity contribution in [2.24, 2.45) is 0 Å². The maximum Gasteiger partial charge on any atom is 0.340 e. The molecule has 0 saturated carbocycles. The largest absolute Gasteiger partial charge is 0.493 e. The number of amides is 1. The molecule has 8 nitrogen and oxygen atoms in total. The number of aromatic nitrogens is 1. The molecule has 174 valence electrons. The van der Waals surface area contributed by atoms with Gasteiger partial charge in [-0.15, -0.1) is 0 Å².